The highest BCUT2D eigenvalue weighted by Crippen LogP contribution is 2.25. The molecule has 0 spiro atoms. The van der Waals surface area contributed by atoms with Crippen LogP contribution in [0, 0.1) is 0 Å². The number of hydrogen-bond acceptors (Lipinski definition) is 4. The fraction of sp³-hybridized carbons (Fsp3) is 0.333. The zero-order valence-electron chi connectivity index (χ0n) is 10.5. The van der Waals surface area contributed by atoms with Gasteiger partial charge in [-0.25, -0.2) is 0 Å². The zero-order valence-corrected chi connectivity index (χ0v) is 12.9. The molecule has 0 radical (unpaired) electrons. The number of nitrogens with two attached hydrogens (primary N) is 1. The maximum Gasteiger partial charge on any atom is 0.262 e. The first-order valence-corrected chi connectivity index (χ1v) is 6.80. The largest absolute Gasteiger partial charge is 0.366 e. The predicted molar refractivity (Wildman–Crippen MR) is 87.2 cm³/mol. The van der Waals surface area contributed by atoms with Crippen molar-refractivity contribution in [2.75, 3.05) is 23.5 Å². The summed E-state index contributed by atoms with van der Waals surface area (Å²) in [4.78, 5) is 17.6. The molecule has 106 valence electrons. The Kier molecular flexibility index (Phi) is 7.90. The molecule has 2 rings (SSSR count). The molecule has 7 heteroatoms. The Bertz CT molecular complexity index is 456. The lowest BCUT2D eigenvalue weighted by Gasteiger charge is -2.32. The van der Waals surface area contributed by atoms with Crippen molar-refractivity contribution in [1.29, 1.82) is 0 Å². The Hall–Kier alpha value is -0.910. The van der Waals surface area contributed by atoms with Gasteiger partial charge in [0.2, 0.25) is 6.17 Å². The molecule has 1 aromatic rings. The Morgan fingerprint density at radius 3 is 2.74 bits per heavy atom. The van der Waals surface area contributed by atoms with E-state index >= 15 is 0 Å². The van der Waals surface area contributed by atoms with Crippen molar-refractivity contribution < 1.29 is 4.79 Å². The standard InChI is InChI=1S/C12H15N3OS.2ClH/c1-17-7-6-15-10-5-3-2-4-9(10)8-14-12(15)11(13)16;;/h2-5,8,12H,6-7H2,1H3,(H2,13,16);2*1H. The molecule has 1 unspecified atom stereocenters. The average Bonchev–Trinajstić information content (AvgIpc) is 2.35. The summed E-state index contributed by atoms with van der Waals surface area (Å²) in [7, 11) is 0. The van der Waals surface area contributed by atoms with E-state index in [0.717, 1.165) is 23.5 Å². The summed E-state index contributed by atoms with van der Waals surface area (Å²) in [6.07, 6.45) is 3.19. The van der Waals surface area contributed by atoms with Crippen molar-refractivity contribution in [3.8, 4) is 0 Å². The number of carbonyl (C=O) groups excluding carboxylic acids is 1. The topological polar surface area (TPSA) is 58.7 Å². The maximum atomic E-state index is 11.4. The molecule has 4 nitrogen and oxygen atoms in total. The SMILES string of the molecule is CSCCN1c2ccccc2C=NC1C(N)=O.Cl.Cl. The first-order chi connectivity index (χ1) is 8.24. The number of hydrogen-bond donors (Lipinski definition) is 1. The lowest BCUT2D eigenvalue weighted by molar-refractivity contribution is -0.119. The summed E-state index contributed by atoms with van der Waals surface area (Å²) < 4.78 is 0. The van der Waals surface area contributed by atoms with Gasteiger partial charge in [-0.3, -0.25) is 9.79 Å². The number of nitrogens with zero attached hydrogens (tertiary/aromatic N) is 2. The van der Waals surface area contributed by atoms with Gasteiger partial charge in [0, 0.05) is 29.8 Å². The van der Waals surface area contributed by atoms with Gasteiger partial charge in [0.05, 0.1) is 0 Å². The molecule has 1 aromatic carbocycles. The van der Waals surface area contributed by atoms with Crippen LogP contribution in [0.5, 0.6) is 0 Å². The third kappa shape index (κ3) is 4.03. The van der Waals surface area contributed by atoms with Gasteiger partial charge in [0.1, 0.15) is 0 Å². The van der Waals surface area contributed by atoms with Crippen LogP contribution in [-0.2, 0) is 4.79 Å². The first kappa shape index (κ1) is 18.1. The number of aliphatic imine (C=N–C) groups is 1. The number of carbonyl (C=O) groups is 1. The minimum Gasteiger partial charge on any atom is -0.366 e. The van der Waals surface area contributed by atoms with Crippen molar-refractivity contribution in [2.24, 2.45) is 10.7 Å². The van der Waals surface area contributed by atoms with Gasteiger partial charge in [-0.1, -0.05) is 18.2 Å². The highest BCUT2D eigenvalue weighted by Gasteiger charge is 2.26. The summed E-state index contributed by atoms with van der Waals surface area (Å²) in [5.74, 6) is 0.532. The molecule has 0 aliphatic carbocycles. The van der Waals surface area contributed by atoms with Crippen LogP contribution in [-0.4, -0.2) is 36.8 Å². The van der Waals surface area contributed by atoms with E-state index in [1.807, 2.05) is 35.4 Å². The van der Waals surface area contributed by atoms with Gasteiger partial charge in [-0.2, -0.15) is 11.8 Å². The number of anilines is 1. The van der Waals surface area contributed by atoms with Crippen LogP contribution in [0.3, 0.4) is 0 Å². The third-order valence-corrected chi connectivity index (χ3v) is 3.28. The number of primary amides is 1. The van der Waals surface area contributed by atoms with E-state index in [1.165, 1.54) is 0 Å². The van der Waals surface area contributed by atoms with E-state index in [-0.39, 0.29) is 24.8 Å². The summed E-state index contributed by atoms with van der Waals surface area (Å²) >= 11 is 1.74. The molecule has 0 saturated heterocycles. The van der Waals surface area contributed by atoms with Gasteiger partial charge in [0.15, 0.2) is 0 Å². The predicted octanol–water partition coefficient (Wildman–Crippen LogP) is 1.94. The Labute approximate surface area is 129 Å². The molecule has 1 atom stereocenters. The summed E-state index contributed by atoms with van der Waals surface area (Å²) in [6.45, 7) is 0.767. The molecule has 0 fully saturated rings. The second kappa shape index (κ2) is 8.30. The number of halogens is 2. The molecule has 1 heterocycles. The minimum atomic E-state index is -0.572. The fourth-order valence-corrected chi connectivity index (χ4v) is 2.26. The molecular weight excluding hydrogens is 305 g/mol. The van der Waals surface area contributed by atoms with Crippen molar-refractivity contribution in [3.63, 3.8) is 0 Å². The number of benzene rings is 1. The highest BCUT2D eigenvalue weighted by atomic mass is 35.5. The van der Waals surface area contributed by atoms with Crippen LogP contribution in [0.1, 0.15) is 5.56 Å². The second-order valence-electron chi connectivity index (χ2n) is 3.80. The third-order valence-electron chi connectivity index (χ3n) is 2.69. The monoisotopic (exact) mass is 321 g/mol. The molecule has 1 amide bonds. The first-order valence-electron chi connectivity index (χ1n) is 5.41. The maximum absolute atomic E-state index is 11.4. The Morgan fingerprint density at radius 2 is 2.11 bits per heavy atom. The molecule has 0 saturated carbocycles. The summed E-state index contributed by atoms with van der Waals surface area (Å²) in [5.41, 5.74) is 7.45. The van der Waals surface area contributed by atoms with Gasteiger partial charge >= 0.3 is 0 Å². The van der Waals surface area contributed by atoms with E-state index in [0.29, 0.717) is 0 Å². The molecule has 2 N–H and O–H groups in total. The van der Waals surface area contributed by atoms with Crippen molar-refractivity contribution in [1.82, 2.24) is 0 Å². The smallest absolute Gasteiger partial charge is 0.262 e. The van der Waals surface area contributed by atoms with Gasteiger partial charge in [0.25, 0.3) is 5.91 Å². The van der Waals surface area contributed by atoms with Crippen LogP contribution in [0.2, 0.25) is 0 Å². The van der Waals surface area contributed by atoms with Gasteiger partial charge < -0.3 is 10.6 Å². The normalized spacial score (nSPS) is 16.1. The minimum absolute atomic E-state index is 0. The number of rotatable bonds is 4. The van der Waals surface area contributed by atoms with Crippen molar-refractivity contribution in [3.05, 3.63) is 29.8 Å². The number of para-hydroxylation sites is 1. The quantitative estimate of drug-likeness (QED) is 0.922. The molecule has 1 aliphatic rings. The fourth-order valence-electron chi connectivity index (χ4n) is 1.88. The second-order valence-corrected chi connectivity index (χ2v) is 4.78. The van der Waals surface area contributed by atoms with Crippen LogP contribution in [0.25, 0.3) is 0 Å². The number of amides is 1. The van der Waals surface area contributed by atoms with Crippen LogP contribution >= 0.6 is 36.6 Å². The van der Waals surface area contributed by atoms with Crippen LogP contribution in [0.4, 0.5) is 5.69 Å². The highest BCUT2D eigenvalue weighted by molar-refractivity contribution is 7.98. The van der Waals surface area contributed by atoms with E-state index in [4.69, 9.17) is 5.73 Å². The summed E-state index contributed by atoms with van der Waals surface area (Å²) in [6, 6.07) is 7.91. The van der Waals surface area contributed by atoms with Crippen molar-refractivity contribution in [2.45, 2.75) is 6.17 Å². The van der Waals surface area contributed by atoms with Crippen LogP contribution in [0.15, 0.2) is 29.3 Å². The Morgan fingerprint density at radius 1 is 1.42 bits per heavy atom. The number of fused-ring (bicyclic) bond motifs is 1. The Balaban J connectivity index is 0.00000162. The molecule has 19 heavy (non-hydrogen) atoms. The van der Waals surface area contributed by atoms with Gasteiger partial charge in [-0.15, -0.1) is 24.8 Å². The zero-order chi connectivity index (χ0) is 12.3. The molecular formula is C12H17Cl2N3OS. The van der Waals surface area contributed by atoms with Crippen molar-refractivity contribution >= 4 is 54.4 Å². The lowest BCUT2D eigenvalue weighted by Crippen LogP contribution is -2.46. The van der Waals surface area contributed by atoms with E-state index in [9.17, 15) is 4.79 Å². The molecule has 1 aliphatic heterocycles. The summed E-state index contributed by atoms with van der Waals surface area (Å²) in [5, 5.41) is 0. The average molecular weight is 322 g/mol. The van der Waals surface area contributed by atoms with Gasteiger partial charge in [-0.05, 0) is 12.3 Å². The van der Waals surface area contributed by atoms with E-state index < -0.39 is 12.1 Å². The van der Waals surface area contributed by atoms with E-state index in [1.54, 1.807) is 18.0 Å². The van der Waals surface area contributed by atoms with Crippen LogP contribution < -0.4 is 10.6 Å². The lowest BCUT2D eigenvalue weighted by atomic mass is 10.1. The molecule has 0 bridgehead atoms. The van der Waals surface area contributed by atoms with E-state index in [2.05, 4.69) is 4.99 Å². The molecule has 0 aromatic heterocycles. The number of thioether (sulfide) groups is 1.